The molecular formula is C21H23N3O4. The smallest absolute Gasteiger partial charge is 0.325 e. The molecule has 0 bridgehead atoms. The Labute approximate surface area is 163 Å². The lowest BCUT2D eigenvalue weighted by molar-refractivity contribution is -0.121. The number of fused-ring (bicyclic) bond motifs is 2. The van der Waals surface area contributed by atoms with E-state index in [2.05, 4.69) is 22.8 Å². The Kier molecular flexibility index (Phi) is 5.16. The number of rotatable bonds is 4. The predicted octanol–water partition coefficient (Wildman–Crippen LogP) is 3.07. The van der Waals surface area contributed by atoms with Crippen LogP contribution in [0.4, 0.5) is 10.5 Å². The summed E-state index contributed by atoms with van der Waals surface area (Å²) >= 11 is 0. The zero-order chi connectivity index (χ0) is 19.5. The quantitative estimate of drug-likeness (QED) is 0.851. The largest absolute Gasteiger partial charge is 0.454 e. The van der Waals surface area contributed by atoms with Gasteiger partial charge in [0.2, 0.25) is 12.7 Å². The lowest BCUT2D eigenvalue weighted by Gasteiger charge is -2.32. The number of likely N-dealkylation sites (N-methyl/N-ethyl adjacent to an activating group) is 1. The molecule has 1 aliphatic carbocycles. The highest BCUT2D eigenvalue weighted by molar-refractivity contribution is 6.01. The van der Waals surface area contributed by atoms with Crippen molar-refractivity contribution in [3.05, 3.63) is 53.6 Å². The van der Waals surface area contributed by atoms with Crippen LogP contribution in [0.15, 0.2) is 42.5 Å². The lowest BCUT2D eigenvalue weighted by Crippen LogP contribution is -2.42. The van der Waals surface area contributed by atoms with Gasteiger partial charge in [0.15, 0.2) is 11.5 Å². The van der Waals surface area contributed by atoms with Crippen LogP contribution >= 0.6 is 0 Å². The Morgan fingerprint density at radius 3 is 2.86 bits per heavy atom. The monoisotopic (exact) mass is 381 g/mol. The Morgan fingerprint density at radius 2 is 1.96 bits per heavy atom. The summed E-state index contributed by atoms with van der Waals surface area (Å²) in [5.41, 5.74) is 3.14. The summed E-state index contributed by atoms with van der Waals surface area (Å²) in [4.78, 5) is 26.5. The molecule has 146 valence electrons. The van der Waals surface area contributed by atoms with E-state index in [1.54, 1.807) is 18.2 Å². The number of ether oxygens (including phenoxy) is 2. The molecule has 7 heteroatoms. The van der Waals surface area contributed by atoms with E-state index in [-0.39, 0.29) is 25.3 Å². The van der Waals surface area contributed by atoms with E-state index in [9.17, 15) is 9.59 Å². The second kappa shape index (κ2) is 7.90. The molecule has 1 heterocycles. The summed E-state index contributed by atoms with van der Waals surface area (Å²) in [5.74, 6) is 0.861. The highest BCUT2D eigenvalue weighted by Gasteiger charge is 2.25. The molecule has 4 rings (SSSR count). The van der Waals surface area contributed by atoms with Crippen molar-refractivity contribution in [2.75, 3.05) is 25.7 Å². The van der Waals surface area contributed by atoms with Crippen LogP contribution in [0.2, 0.25) is 0 Å². The van der Waals surface area contributed by atoms with Gasteiger partial charge < -0.3 is 14.8 Å². The van der Waals surface area contributed by atoms with Crippen molar-refractivity contribution in [3.63, 3.8) is 0 Å². The second-order valence-corrected chi connectivity index (χ2v) is 7.09. The maximum absolute atomic E-state index is 12.3. The zero-order valence-corrected chi connectivity index (χ0v) is 15.7. The first-order valence-corrected chi connectivity index (χ1v) is 9.38. The molecular weight excluding hydrogens is 358 g/mol. The fourth-order valence-corrected chi connectivity index (χ4v) is 3.83. The third-order valence-electron chi connectivity index (χ3n) is 5.15. The molecule has 0 unspecified atom stereocenters. The zero-order valence-electron chi connectivity index (χ0n) is 15.7. The van der Waals surface area contributed by atoms with E-state index in [4.69, 9.17) is 9.47 Å². The number of urea groups is 1. The van der Waals surface area contributed by atoms with Crippen LogP contribution in [0.3, 0.4) is 0 Å². The molecule has 0 radical (unpaired) electrons. The fourth-order valence-electron chi connectivity index (χ4n) is 3.83. The van der Waals surface area contributed by atoms with Crippen molar-refractivity contribution in [3.8, 4) is 11.5 Å². The molecule has 28 heavy (non-hydrogen) atoms. The summed E-state index contributed by atoms with van der Waals surface area (Å²) in [6, 6.07) is 13.1. The summed E-state index contributed by atoms with van der Waals surface area (Å²) < 4.78 is 10.5. The van der Waals surface area contributed by atoms with E-state index < -0.39 is 6.03 Å². The molecule has 0 aromatic heterocycles. The highest BCUT2D eigenvalue weighted by atomic mass is 16.7. The molecule has 0 saturated carbocycles. The number of hydrogen-bond acceptors (Lipinski definition) is 5. The Hall–Kier alpha value is -3.06. The molecule has 1 aliphatic heterocycles. The number of amides is 3. The third kappa shape index (κ3) is 3.94. The maximum Gasteiger partial charge on any atom is 0.325 e. The summed E-state index contributed by atoms with van der Waals surface area (Å²) in [7, 11) is 1.92. The SMILES string of the molecule is CN(CC(=O)NC(=O)Nc1ccc2c(c1)OCO2)[C@H]1CCCc2ccccc21. The summed E-state index contributed by atoms with van der Waals surface area (Å²) in [6.07, 6.45) is 3.17. The van der Waals surface area contributed by atoms with Crippen LogP contribution in [-0.2, 0) is 11.2 Å². The highest BCUT2D eigenvalue weighted by Crippen LogP contribution is 2.34. The summed E-state index contributed by atoms with van der Waals surface area (Å²) in [6.45, 7) is 0.313. The molecule has 1 atom stereocenters. The maximum atomic E-state index is 12.3. The van der Waals surface area contributed by atoms with E-state index >= 15 is 0 Å². The Bertz CT molecular complexity index is 899. The van der Waals surface area contributed by atoms with Gasteiger partial charge in [0.1, 0.15) is 0 Å². The standard InChI is InChI=1S/C21H23N3O4/c1-24(17-8-4-6-14-5-2-3-7-16(14)17)12-20(25)23-21(26)22-15-9-10-18-19(11-15)28-13-27-18/h2-3,5,7,9-11,17H,4,6,8,12-13H2,1H3,(H2,22,23,25,26)/t17-/m0/s1. The molecule has 0 spiro atoms. The molecule has 2 aliphatic rings. The first kappa shape index (κ1) is 18.3. The Morgan fingerprint density at radius 1 is 1.14 bits per heavy atom. The van der Waals surface area contributed by atoms with Crippen molar-refractivity contribution < 1.29 is 19.1 Å². The minimum Gasteiger partial charge on any atom is -0.454 e. The van der Waals surface area contributed by atoms with Gasteiger partial charge in [-0.05, 0) is 49.6 Å². The number of hydrogen-bond donors (Lipinski definition) is 2. The predicted molar refractivity (Wildman–Crippen MR) is 104 cm³/mol. The van der Waals surface area contributed by atoms with Gasteiger partial charge in [-0.3, -0.25) is 15.0 Å². The van der Waals surface area contributed by atoms with Gasteiger partial charge in [-0.25, -0.2) is 4.79 Å². The van der Waals surface area contributed by atoms with Crippen molar-refractivity contribution in [1.29, 1.82) is 0 Å². The van der Waals surface area contributed by atoms with Crippen LogP contribution in [0.25, 0.3) is 0 Å². The number of nitrogens with zero attached hydrogens (tertiary/aromatic N) is 1. The number of nitrogens with one attached hydrogen (secondary N) is 2. The van der Waals surface area contributed by atoms with Crippen LogP contribution < -0.4 is 20.1 Å². The minimum absolute atomic E-state index is 0.146. The average Bonchev–Trinajstić information content (AvgIpc) is 3.15. The number of imide groups is 1. The number of aryl methyl sites for hydroxylation is 1. The van der Waals surface area contributed by atoms with E-state index in [1.807, 2.05) is 24.1 Å². The van der Waals surface area contributed by atoms with Crippen molar-refractivity contribution in [2.24, 2.45) is 0 Å². The van der Waals surface area contributed by atoms with Gasteiger partial charge in [0.25, 0.3) is 0 Å². The molecule has 7 nitrogen and oxygen atoms in total. The van der Waals surface area contributed by atoms with E-state index in [0.717, 1.165) is 19.3 Å². The third-order valence-corrected chi connectivity index (χ3v) is 5.15. The number of carbonyl (C=O) groups is 2. The van der Waals surface area contributed by atoms with Crippen LogP contribution in [0.5, 0.6) is 11.5 Å². The van der Waals surface area contributed by atoms with Crippen LogP contribution in [0.1, 0.15) is 30.0 Å². The number of carbonyl (C=O) groups excluding carboxylic acids is 2. The number of anilines is 1. The molecule has 2 aromatic rings. The topological polar surface area (TPSA) is 79.9 Å². The summed E-state index contributed by atoms with van der Waals surface area (Å²) in [5, 5.41) is 5.03. The molecule has 0 fully saturated rings. The van der Waals surface area contributed by atoms with Gasteiger partial charge in [0, 0.05) is 17.8 Å². The molecule has 2 aromatic carbocycles. The molecule has 0 saturated heterocycles. The normalized spacial score (nSPS) is 17.1. The van der Waals surface area contributed by atoms with Gasteiger partial charge in [-0.1, -0.05) is 24.3 Å². The van der Waals surface area contributed by atoms with Crippen LogP contribution in [0, 0.1) is 0 Å². The van der Waals surface area contributed by atoms with Crippen molar-refractivity contribution in [2.45, 2.75) is 25.3 Å². The first-order chi connectivity index (χ1) is 13.6. The van der Waals surface area contributed by atoms with Gasteiger partial charge in [-0.2, -0.15) is 0 Å². The lowest BCUT2D eigenvalue weighted by atomic mass is 9.87. The first-order valence-electron chi connectivity index (χ1n) is 9.38. The van der Waals surface area contributed by atoms with E-state index in [1.165, 1.54) is 11.1 Å². The molecule has 2 N–H and O–H groups in total. The average molecular weight is 381 g/mol. The van der Waals surface area contributed by atoms with Crippen molar-refractivity contribution >= 4 is 17.6 Å². The second-order valence-electron chi connectivity index (χ2n) is 7.09. The number of benzene rings is 2. The van der Waals surface area contributed by atoms with Gasteiger partial charge >= 0.3 is 6.03 Å². The minimum atomic E-state index is -0.568. The van der Waals surface area contributed by atoms with Gasteiger partial charge in [-0.15, -0.1) is 0 Å². The van der Waals surface area contributed by atoms with Crippen LogP contribution in [-0.4, -0.2) is 37.2 Å². The Balaban J connectivity index is 1.32. The van der Waals surface area contributed by atoms with Gasteiger partial charge in [0.05, 0.1) is 6.54 Å². The fraction of sp³-hybridized carbons (Fsp3) is 0.333. The van der Waals surface area contributed by atoms with E-state index in [0.29, 0.717) is 17.2 Å². The van der Waals surface area contributed by atoms with Crippen molar-refractivity contribution in [1.82, 2.24) is 10.2 Å². The molecule has 3 amide bonds.